The molecular formula is C29H25N3O4S. The average Bonchev–Trinajstić information content (AvgIpc) is 3.03. The maximum atomic E-state index is 14.0. The summed E-state index contributed by atoms with van der Waals surface area (Å²) in [5.74, 6) is -0.753. The number of carbonyl (C=O) groups excluding carboxylic acids is 3. The van der Waals surface area contributed by atoms with E-state index in [4.69, 9.17) is 10.5 Å². The number of fused-ring (bicyclic) bond motifs is 2. The summed E-state index contributed by atoms with van der Waals surface area (Å²) < 4.78 is 5.30. The number of carbonyl (C=O) groups is 3. The number of hydrogen-bond acceptors (Lipinski definition) is 5. The number of para-hydroxylation sites is 1. The van der Waals surface area contributed by atoms with Gasteiger partial charge in [0.05, 0.1) is 18.0 Å². The molecule has 4 aromatic carbocycles. The fraction of sp³-hybridized carbons (Fsp3) is 0.138. The summed E-state index contributed by atoms with van der Waals surface area (Å²) in [7, 11) is 1.59. The van der Waals surface area contributed by atoms with Crippen LogP contribution in [0, 0.1) is 0 Å². The number of thioether (sulfide) groups is 1. The zero-order valence-corrected chi connectivity index (χ0v) is 20.9. The van der Waals surface area contributed by atoms with Crippen molar-refractivity contribution >= 4 is 45.9 Å². The minimum absolute atomic E-state index is 0.298. The Morgan fingerprint density at radius 1 is 0.946 bits per heavy atom. The summed E-state index contributed by atoms with van der Waals surface area (Å²) in [6.45, 7) is -0.298. The standard InChI is InChI=1S/C29H25N3O4S/c1-36-22-14-12-19(13-15-22)27-26(31-28(34)21-11-10-18-6-2-3-7-20(18)16-21)29(35)32(17-25(30)33)23-8-4-5-9-24(23)37-27/h2-16,26-27H,17H2,1H3,(H2,30,33)(H,31,34). The van der Waals surface area contributed by atoms with Gasteiger partial charge in [0, 0.05) is 10.5 Å². The Labute approximate surface area is 218 Å². The van der Waals surface area contributed by atoms with Crippen LogP contribution in [0.15, 0.2) is 95.9 Å². The van der Waals surface area contributed by atoms with E-state index < -0.39 is 23.1 Å². The van der Waals surface area contributed by atoms with E-state index in [0.29, 0.717) is 17.0 Å². The van der Waals surface area contributed by atoms with E-state index >= 15 is 0 Å². The Bertz CT molecular complexity index is 1490. The molecule has 0 spiro atoms. The zero-order chi connectivity index (χ0) is 25.9. The molecule has 1 aliphatic rings. The second-order valence-electron chi connectivity index (χ2n) is 8.68. The molecule has 5 rings (SSSR count). The van der Waals surface area contributed by atoms with Crippen LogP contribution in [0.2, 0.25) is 0 Å². The molecule has 2 atom stereocenters. The van der Waals surface area contributed by atoms with E-state index in [1.54, 1.807) is 31.4 Å². The number of nitrogens with two attached hydrogens (primary N) is 1. The molecule has 0 aliphatic carbocycles. The molecule has 1 heterocycles. The highest BCUT2D eigenvalue weighted by Gasteiger charge is 2.40. The van der Waals surface area contributed by atoms with E-state index in [1.165, 1.54) is 16.7 Å². The molecule has 0 fully saturated rings. The van der Waals surface area contributed by atoms with E-state index in [9.17, 15) is 14.4 Å². The Morgan fingerprint density at radius 3 is 2.38 bits per heavy atom. The number of rotatable bonds is 6. The first kappa shape index (κ1) is 24.4. The van der Waals surface area contributed by atoms with Gasteiger partial charge in [-0.1, -0.05) is 54.6 Å². The number of hydrogen-bond donors (Lipinski definition) is 2. The first-order valence-corrected chi connectivity index (χ1v) is 12.6. The molecule has 3 N–H and O–H groups in total. The van der Waals surface area contributed by atoms with Crippen LogP contribution in [0.25, 0.3) is 10.8 Å². The number of methoxy groups -OCH3 is 1. The van der Waals surface area contributed by atoms with Gasteiger partial charge in [-0.2, -0.15) is 0 Å². The van der Waals surface area contributed by atoms with E-state index in [0.717, 1.165) is 21.2 Å². The number of amides is 3. The quantitative estimate of drug-likeness (QED) is 0.402. The highest BCUT2D eigenvalue weighted by Crippen LogP contribution is 2.46. The number of benzene rings is 4. The van der Waals surface area contributed by atoms with Crippen molar-refractivity contribution in [2.24, 2.45) is 5.73 Å². The maximum Gasteiger partial charge on any atom is 0.251 e. The summed E-state index contributed by atoms with van der Waals surface area (Å²) in [5, 5.41) is 4.44. The van der Waals surface area contributed by atoms with Gasteiger partial charge in [0.1, 0.15) is 18.3 Å². The molecule has 37 heavy (non-hydrogen) atoms. The van der Waals surface area contributed by atoms with Crippen molar-refractivity contribution in [2.75, 3.05) is 18.6 Å². The van der Waals surface area contributed by atoms with Gasteiger partial charge in [-0.3, -0.25) is 14.4 Å². The second kappa shape index (κ2) is 10.4. The largest absolute Gasteiger partial charge is 0.497 e. The normalized spacial score (nSPS) is 17.1. The summed E-state index contributed by atoms with van der Waals surface area (Å²) in [6.07, 6.45) is 0. The van der Waals surface area contributed by atoms with Crippen LogP contribution in [0.5, 0.6) is 5.75 Å². The number of primary amides is 1. The zero-order valence-electron chi connectivity index (χ0n) is 20.1. The third kappa shape index (κ3) is 5.01. The maximum absolute atomic E-state index is 14.0. The Morgan fingerprint density at radius 2 is 1.65 bits per heavy atom. The van der Waals surface area contributed by atoms with Crippen molar-refractivity contribution in [1.29, 1.82) is 0 Å². The number of nitrogens with one attached hydrogen (secondary N) is 1. The molecular weight excluding hydrogens is 486 g/mol. The molecule has 0 aromatic heterocycles. The number of ether oxygens (including phenoxy) is 1. The van der Waals surface area contributed by atoms with Crippen LogP contribution in [-0.2, 0) is 9.59 Å². The molecule has 4 aromatic rings. The van der Waals surface area contributed by atoms with Crippen molar-refractivity contribution in [1.82, 2.24) is 5.32 Å². The van der Waals surface area contributed by atoms with Crippen LogP contribution < -0.4 is 20.7 Å². The molecule has 1 aliphatic heterocycles. The minimum atomic E-state index is -0.968. The van der Waals surface area contributed by atoms with Gasteiger partial charge in [-0.15, -0.1) is 11.8 Å². The van der Waals surface area contributed by atoms with Gasteiger partial charge >= 0.3 is 0 Å². The third-order valence-corrected chi connectivity index (χ3v) is 7.70. The van der Waals surface area contributed by atoms with Crippen LogP contribution in [0.1, 0.15) is 21.2 Å². The van der Waals surface area contributed by atoms with Gasteiger partial charge < -0.3 is 20.7 Å². The van der Waals surface area contributed by atoms with Crippen LogP contribution in [-0.4, -0.2) is 37.4 Å². The van der Waals surface area contributed by atoms with E-state index in [-0.39, 0.29) is 12.5 Å². The lowest BCUT2D eigenvalue weighted by atomic mass is 10.0. The topological polar surface area (TPSA) is 102 Å². The second-order valence-corrected chi connectivity index (χ2v) is 9.87. The molecule has 8 heteroatoms. The first-order chi connectivity index (χ1) is 17.9. The molecule has 0 bridgehead atoms. The molecule has 7 nitrogen and oxygen atoms in total. The molecule has 0 saturated heterocycles. The van der Waals surface area contributed by atoms with Gasteiger partial charge in [0.15, 0.2) is 0 Å². The predicted molar refractivity (Wildman–Crippen MR) is 145 cm³/mol. The number of anilines is 1. The van der Waals surface area contributed by atoms with Crippen molar-refractivity contribution in [3.05, 3.63) is 102 Å². The summed E-state index contributed by atoms with van der Waals surface area (Å²) in [5.41, 5.74) is 7.37. The van der Waals surface area contributed by atoms with Crippen molar-refractivity contribution in [2.45, 2.75) is 16.2 Å². The molecule has 0 saturated carbocycles. The monoisotopic (exact) mass is 511 g/mol. The van der Waals surface area contributed by atoms with Crippen LogP contribution in [0.4, 0.5) is 5.69 Å². The molecule has 0 radical (unpaired) electrons. The molecule has 186 valence electrons. The lowest BCUT2D eigenvalue weighted by Crippen LogP contribution is -2.52. The lowest BCUT2D eigenvalue weighted by molar-refractivity contribution is -0.123. The van der Waals surface area contributed by atoms with Crippen LogP contribution in [0.3, 0.4) is 0 Å². The summed E-state index contributed by atoms with van der Waals surface area (Å²) >= 11 is 1.46. The summed E-state index contributed by atoms with van der Waals surface area (Å²) in [4.78, 5) is 41.6. The van der Waals surface area contributed by atoms with Crippen LogP contribution >= 0.6 is 11.8 Å². The molecule has 2 unspecified atom stereocenters. The SMILES string of the molecule is COc1ccc(C2Sc3ccccc3N(CC(N)=O)C(=O)C2NC(=O)c2ccc3ccccc3c2)cc1. The first-order valence-electron chi connectivity index (χ1n) is 11.7. The van der Waals surface area contributed by atoms with Gasteiger partial charge in [0.25, 0.3) is 11.8 Å². The van der Waals surface area contributed by atoms with Gasteiger partial charge in [0.2, 0.25) is 5.91 Å². The number of nitrogens with zero attached hydrogens (tertiary/aromatic N) is 1. The average molecular weight is 512 g/mol. The van der Waals surface area contributed by atoms with Crippen molar-refractivity contribution in [3.8, 4) is 5.75 Å². The van der Waals surface area contributed by atoms with Crippen molar-refractivity contribution in [3.63, 3.8) is 0 Å². The predicted octanol–water partition coefficient (Wildman–Crippen LogP) is 4.31. The summed E-state index contributed by atoms with van der Waals surface area (Å²) in [6, 6.07) is 27.0. The minimum Gasteiger partial charge on any atom is -0.497 e. The van der Waals surface area contributed by atoms with Gasteiger partial charge in [-0.05, 0) is 52.7 Å². The Balaban J connectivity index is 1.57. The highest BCUT2D eigenvalue weighted by atomic mass is 32.2. The lowest BCUT2D eigenvalue weighted by Gasteiger charge is -2.28. The third-order valence-electron chi connectivity index (χ3n) is 6.30. The smallest absolute Gasteiger partial charge is 0.251 e. The van der Waals surface area contributed by atoms with Gasteiger partial charge in [-0.25, -0.2) is 0 Å². The van der Waals surface area contributed by atoms with Crippen molar-refractivity contribution < 1.29 is 19.1 Å². The highest BCUT2D eigenvalue weighted by molar-refractivity contribution is 7.99. The fourth-order valence-corrected chi connectivity index (χ4v) is 5.81. The Kier molecular flexibility index (Phi) is 6.83. The molecule has 3 amide bonds. The van der Waals surface area contributed by atoms with E-state index in [1.807, 2.05) is 66.7 Å². The fourth-order valence-electron chi connectivity index (χ4n) is 4.47. The Hall–Kier alpha value is -4.30. The van der Waals surface area contributed by atoms with E-state index in [2.05, 4.69) is 5.32 Å².